The summed E-state index contributed by atoms with van der Waals surface area (Å²) in [6, 6.07) is 4.79. The number of rotatable bonds is 6. The van der Waals surface area contributed by atoms with Gasteiger partial charge in [0.25, 0.3) is 0 Å². The smallest absolute Gasteiger partial charge is 0.226 e. The van der Waals surface area contributed by atoms with Crippen molar-refractivity contribution in [1.82, 2.24) is 10.5 Å². The molecule has 0 bridgehead atoms. The summed E-state index contributed by atoms with van der Waals surface area (Å²) >= 11 is 0. The topological polar surface area (TPSA) is 84.6 Å². The number of nitrogens with zero attached hydrogens (tertiary/aromatic N) is 1. The molecule has 1 amide bonds. The van der Waals surface area contributed by atoms with Crippen LogP contribution in [0.4, 0.5) is 8.78 Å². The standard InChI is InChI=1S/C18H20F2N2O4/c19-12-1-2-14(15(20)9-12)16-10-13(26-22-16)11-18(3-7-25-8-4-18)17(24)21-5-6-23/h1-2,9-10,23H,3-8,11H2,(H,21,24). The van der Waals surface area contributed by atoms with Gasteiger partial charge in [-0.1, -0.05) is 5.16 Å². The Labute approximate surface area is 149 Å². The number of nitrogens with one attached hydrogen (secondary N) is 1. The number of hydrogen-bond donors (Lipinski definition) is 2. The zero-order valence-corrected chi connectivity index (χ0v) is 14.1. The third kappa shape index (κ3) is 3.91. The van der Waals surface area contributed by atoms with Crippen molar-refractivity contribution in [3.63, 3.8) is 0 Å². The Morgan fingerprint density at radius 1 is 1.27 bits per heavy atom. The summed E-state index contributed by atoms with van der Waals surface area (Å²) in [7, 11) is 0. The second-order valence-corrected chi connectivity index (χ2v) is 6.35. The van der Waals surface area contributed by atoms with Crippen molar-refractivity contribution in [1.29, 1.82) is 0 Å². The van der Waals surface area contributed by atoms with Crippen LogP contribution < -0.4 is 5.32 Å². The SMILES string of the molecule is O=C(NCCO)C1(Cc2cc(-c3ccc(F)cc3F)no2)CCOCC1. The second kappa shape index (κ2) is 7.92. The highest BCUT2D eigenvalue weighted by Gasteiger charge is 2.41. The number of carbonyl (C=O) groups excluding carboxylic acids is 1. The first-order valence-corrected chi connectivity index (χ1v) is 8.42. The highest BCUT2D eigenvalue weighted by atomic mass is 19.1. The average molecular weight is 366 g/mol. The van der Waals surface area contributed by atoms with Crippen LogP contribution in [0.5, 0.6) is 0 Å². The quantitative estimate of drug-likeness (QED) is 0.818. The van der Waals surface area contributed by atoms with E-state index in [9.17, 15) is 13.6 Å². The number of benzene rings is 1. The third-order valence-corrected chi connectivity index (χ3v) is 4.61. The first-order valence-electron chi connectivity index (χ1n) is 8.42. The molecule has 0 spiro atoms. The van der Waals surface area contributed by atoms with Gasteiger partial charge < -0.3 is 19.7 Å². The Morgan fingerprint density at radius 3 is 2.73 bits per heavy atom. The fourth-order valence-corrected chi connectivity index (χ4v) is 3.16. The van der Waals surface area contributed by atoms with Crippen molar-refractivity contribution < 1.29 is 27.9 Å². The fraction of sp³-hybridized carbons (Fsp3) is 0.444. The molecule has 8 heteroatoms. The molecule has 1 fully saturated rings. The minimum absolute atomic E-state index is 0.132. The van der Waals surface area contributed by atoms with Crippen molar-refractivity contribution in [3.8, 4) is 11.3 Å². The molecule has 0 saturated carbocycles. The van der Waals surface area contributed by atoms with Crippen LogP contribution in [0.15, 0.2) is 28.8 Å². The Kier molecular flexibility index (Phi) is 5.63. The molecule has 1 aliphatic rings. The number of carbonyl (C=O) groups is 1. The predicted octanol–water partition coefficient (Wildman–Crippen LogP) is 2.07. The van der Waals surface area contributed by atoms with E-state index in [4.69, 9.17) is 14.4 Å². The molecule has 6 nitrogen and oxygen atoms in total. The lowest BCUT2D eigenvalue weighted by atomic mass is 9.75. The van der Waals surface area contributed by atoms with Crippen LogP contribution in [0.1, 0.15) is 18.6 Å². The van der Waals surface area contributed by atoms with Crippen LogP contribution in [-0.4, -0.2) is 42.5 Å². The van der Waals surface area contributed by atoms with Crippen molar-refractivity contribution in [2.75, 3.05) is 26.4 Å². The van der Waals surface area contributed by atoms with E-state index in [2.05, 4.69) is 10.5 Å². The molecule has 0 atom stereocenters. The number of aromatic nitrogens is 1. The molecule has 2 heterocycles. The maximum absolute atomic E-state index is 13.9. The van der Waals surface area contributed by atoms with Crippen molar-refractivity contribution in [3.05, 3.63) is 41.7 Å². The lowest BCUT2D eigenvalue weighted by molar-refractivity contribution is -0.137. The summed E-state index contributed by atoms with van der Waals surface area (Å²) in [4.78, 5) is 12.6. The molecular formula is C18H20F2N2O4. The van der Waals surface area contributed by atoms with Gasteiger partial charge in [-0.25, -0.2) is 8.78 Å². The molecule has 1 saturated heterocycles. The van der Waals surface area contributed by atoms with E-state index in [0.717, 1.165) is 12.1 Å². The highest BCUT2D eigenvalue weighted by Crippen LogP contribution is 2.36. The van der Waals surface area contributed by atoms with E-state index < -0.39 is 17.0 Å². The maximum Gasteiger partial charge on any atom is 0.226 e. The van der Waals surface area contributed by atoms with Crippen LogP contribution in [0.3, 0.4) is 0 Å². The van der Waals surface area contributed by atoms with E-state index in [1.165, 1.54) is 6.07 Å². The maximum atomic E-state index is 13.9. The van der Waals surface area contributed by atoms with Crippen LogP contribution >= 0.6 is 0 Å². The lowest BCUT2D eigenvalue weighted by Gasteiger charge is -2.34. The van der Waals surface area contributed by atoms with Crippen molar-refractivity contribution >= 4 is 5.91 Å². The van der Waals surface area contributed by atoms with E-state index >= 15 is 0 Å². The number of aliphatic hydroxyl groups is 1. The normalized spacial score (nSPS) is 16.4. The van der Waals surface area contributed by atoms with Gasteiger partial charge in [0.05, 0.1) is 12.0 Å². The van der Waals surface area contributed by atoms with Gasteiger partial charge in [0, 0.05) is 43.9 Å². The number of hydrogen-bond acceptors (Lipinski definition) is 5. The van der Waals surface area contributed by atoms with E-state index in [1.54, 1.807) is 6.07 Å². The highest BCUT2D eigenvalue weighted by molar-refractivity contribution is 5.83. The number of aliphatic hydroxyl groups excluding tert-OH is 1. The van der Waals surface area contributed by atoms with Gasteiger partial charge in [-0.3, -0.25) is 4.79 Å². The van der Waals surface area contributed by atoms with Crippen LogP contribution in [-0.2, 0) is 16.0 Å². The van der Waals surface area contributed by atoms with Gasteiger partial charge in [-0.05, 0) is 25.0 Å². The Morgan fingerprint density at radius 2 is 2.04 bits per heavy atom. The third-order valence-electron chi connectivity index (χ3n) is 4.61. The van der Waals surface area contributed by atoms with Crippen molar-refractivity contribution in [2.45, 2.75) is 19.3 Å². The van der Waals surface area contributed by atoms with E-state index in [0.29, 0.717) is 31.8 Å². The van der Waals surface area contributed by atoms with Gasteiger partial charge in [0.15, 0.2) is 0 Å². The van der Waals surface area contributed by atoms with Gasteiger partial charge in [0.2, 0.25) is 5.91 Å². The summed E-state index contributed by atoms with van der Waals surface area (Å²) < 4.78 is 37.6. The monoisotopic (exact) mass is 366 g/mol. The molecule has 2 aromatic rings. The van der Waals surface area contributed by atoms with Gasteiger partial charge in [-0.2, -0.15) is 0 Å². The van der Waals surface area contributed by atoms with Gasteiger partial charge >= 0.3 is 0 Å². The molecule has 0 unspecified atom stereocenters. The zero-order valence-electron chi connectivity index (χ0n) is 14.1. The molecule has 1 aliphatic heterocycles. The van der Waals surface area contributed by atoms with E-state index in [-0.39, 0.29) is 36.7 Å². The number of halogens is 2. The van der Waals surface area contributed by atoms with Crippen LogP contribution in [0.25, 0.3) is 11.3 Å². The number of amides is 1. The Balaban J connectivity index is 1.81. The summed E-state index contributed by atoms with van der Waals surface area (Å²) in [6.07, 6.45) is 1.29. The molecular weight excluding hydrogens is 346 g/mol. The summed E-state index contributed by atoms with van der Waals surface area (Å²) in [5, 5.41) is 15.5. The van der Waals surface area contributed by atoms with Crippen LogP contribution in [0, 0.1) is 17.0 Å². The minimum atomic E-state index is -0.731. The Bertz CT molecular complexity index is 772. The predicted molar refractivity (Wildman–Crippen MR) is 88.1 cm³/mol. The Hall–Kier alpha value is -2.32. The second-order valence-electron chi connectivity index (χ2n) is 6.35. The summed E-state index contributed by atoms with van der Waals surface area (Å²) in [5.74, 6) is -1.14. The molecule has 140 valence electrons. The van der Waals surface area contributed by atoms with Gasteiger partial charge in [0.1, 0.15) is 23.1 Å². The van der Waals surface area contributed by atoms with Crippen LogP contribution in [0.2, 0.25) is 0 Å². The lowest BCUT2D eigenvalue weighted by Crippen LogP contribution is -2.46. The van der Waals surface area contributed by atoms with E-state index in [1.807, 2.05) is 0 Å². The molecule has 2 N–H and O–H groups in total. The molecule has 3 rings (SSSR count). The average Bonchev–Trinajstić information content (AvgIpc) is 3.08. The molecule has 1 aromatic carbocycles. The molecule has 1 aromatic heterocycles. The van der Waals surface area contributed by atoms with Crippen molar-refractivity contribution in [2.24, 2.45) is 5.41 Å². The first kappa shape index (κ1) is 18.5. The summed E-state index contributed by atoms with van der Waals surface area (Å²) in [5.41, 5.74) is -0.353. The molecule has 26 heavy (non-hydrogen) atoms. The largest absolute Gasteiger partial charge is 0.395 e. The molecule has 0 aliphatic carbocycles. The zero-order chi connectivity index (χ0) is 18.6. The number of ether oxygens (including phenoxy) is 1. The minimum Gasteiger partial charge on any atom is -0.395 e. The molecule has 0 radical (unpaired) electrons. The first-order chi connectivity index (χ1) is 12.5. The van der Waals surface area contributed by atoms with Gasteiger partial charge in [-0.15, -0.1) is 0 Å². The fourth-order valence-electron chi connectivity index (χ4n) is 3.16. The summed E-state index contributed by atoms with van der Waals surface area (Å²) in [6.45, 7) is 0.915.